The van der Waals surface area contributed by atoms with Gasteiger partial charge in [-0.2, -0.15) is 0 Å². The van der Waals surface area contributed by atoms with Gasteiger partial charge in [0.1, 0.15) is 0 Å². The molecule has 6 heteroatoms. The number of hydrogen-bond acceptors (Lipinski definition) is 3. The molecule has 2 aliphatic rings. The van der Waals surface area contributed by atoms with Crippen molar-refractivity contribution in [2.75, 3.05) is 13.1 Å². The SMILES string of the molecule is CC1(C)OB(CC2CCN(C(=O)O)CC2)OC1(C)C. The summed E-state index contributed by atoms with van der Waals surface area (Å²) in [7, 11) is -0.161. The highest BCUT2D eigenvalue weighted by Crippen LogP contribution is 2.39. The van der Waals surface area contributed by atoms with E-state index in [9.17, 15) is 4.79 Å². The molecule has 0 spiro atoms. The second-order valence-electron chi connectivity index (χ2n) is 6.63. The van der Waals surface area contributed by atoms with Crippen molar-refractivity contribution in [1.29, 1.82) is 0 Å². The van der Waals surface area contributed by atoms with Crippen LogP contribution in [0.3, 0.4) is 0 Å². The van der Waals surface area contributed by atoms with Crippen LogP contribution in [0.4, 0.5) is 4.79 Å². The first kappa shape index (κ1) is 14.7. The molecule has 108 valence electrons. The largest absolute Gasteiger partial charge is 0.465 e. The Hall–Kier alpha value is -0.745. The van der Waals surface area contributed by atoms with Gasteiger partial charge >= 0.3 is 13.2 Å². The molecule has 0 bridgehead atoms. The molecule has 0 aromatic rings. The normalized spacial score (nSPS) is 26.7. The highest BCUT2D eigenvalue weighted by Gasteiger charge is 2.51. The molecule has 0 aromatic carbocycles. The van der Waals surface area contributed by atoms with E-state index in [0.717, 1.165) is 19.2 Å². The first-order valence-corrected chi connectivity index (χ1v) is 7.05. The number of piperidine rings is 1. The number of nitrogens with zero attached hydrogens (tertiary/aromatic N) is 1. The Labute approximate surface area is 115 Å². The molecular weight excluding hydrogens is 245 g/mol. The van der Waals surface area contributed by atoms with Crippen LogP contribution in [0, 0.1) is 5.92 Å². The van der Waals surface area contributed by atoms with Crippen LogP contribution in [0.25, 0.3) is 0 Å². The molecular formula is C13H24BNO4. The van der Waals surface area contributed by atoms with Gasteiger partial charge < -0.3 is 19.3 Å². The van der Waals surface area contributed by atoms with Crippen LogP contribution in [0.15, 0.2) is 0 Å². The van der Waals surface area contributed by atoms with E-state index in [1.54, 1.807) is 0 Å². The Morgan fingerprint density at radius 3 is 2.11 bits per heavy atom. The van der Waals surface area contributed by atoms with Crippen LogP contribution >= 0.6 is 0 Å². The van der Waals surface area contributed by atoms with E-state index >= 15 is 0 Å². The van der Waals surface area contributed by atoms with Gasteiger partial charge in [-0.05, 0) is 52.8 Å². The summed E-state index contributed by atoms with van der Waals surface area (Å²) in [5.41, 5.74) is -0.557. The third-order valence-electron chi connectivity index (χ3n) is 4.71. The lowest BCUT2D eigenvalue weighted by Gasteiger charge is -2.32. The Morgan fingerprint density at radius 1 is 1.21 bits per heavy atom. The van der Waals surface area contributed by atoms with E-state index in [2.05, 4.69) is 27.7 Å². The van der Waals surface area contributed by atoms with Gasteiger partial charge in [0.25, 0.3) is 0 Å². The van der Waals surface area contributed by atoms with Gasteiger partial charge in [0.15, 0.2) is 0 Å². The molecule has 2 saturated heterocycles. The molecule has 0 saturated carbocycles. The summed E-state index contributed by atoms with van der Waals surface area (Å²) in [4.78, 5) is 12.3. The molecule has 0 unspecified atom stereocenters. The average Bonchev–Trinajstić information content (AvgIpc) is 2.47. The molecule has 0 aliphatic carbocycles. The molecule has 0 atom stereocenters. The van der Waals surface area contributed by atoms with Gasteiger partial charge in [-0.3, -0.25) is 0 Å². The van der Waals surface area contributed by atoms with Gasteiger partial charge in [-0.15, -0.1) is 0 Å². The van der Waals surface area contributed by atoms with Crippen LogP contribution in [-0.2, 0) is 9.31 Å². The predicted molar refractivity (Wildman–Crippen MR) is 73.2 cm³/mol. The first-order valence-electron chi connectivity index (χ1n) is 7.05. The zero-order valence-electron chi connectivity index (χ0n) is 12.3. The highest BCUT2D eigenvalue weighted by atomic mass is 16.7. The van der Waals surface area contributed by atoms with E-state index in [1.165, 1.54) is 4.90 Å². The first-order chi connectivity index (χ1) is 8.71. The number of carbonyl (C=O) groups is 1. The number of hydrogen-bond donors (Lipinski definition) is 1. The van der Waals surface area contributed by atoms with Gasteiger partial charge in [-0.1, -0.05) is 0 Å². The fourth-order valence-corrected chi connectivity index (χ4v) is 2.69. The molecule has 19 heavy (non-hydrogen) atoms. The molecule has 1 N–H and O–H groups in total. The van der Waals surface area contributed by atoms with E-state index in [4.69, 9.17) is 14.4 Å². The van der Waals surface area contributed by atoms with Crippen LogP contribution in [0.1, 0.15) is 40.5 Å². The van der Waals surface area contributed by atoms with E-state index in [0.29, 0.717) is 19.0 Å². The Morgan fingerprint density at radius 2 is 1.68 bits per heavy atom. The van der Waals surface area contributed by atoms with Crippen molar-refractivity contribution in [1.82, 2.24) is 4.90 Å². The number of carboxylic acid groups (broad SMARTS) is 1. The second-order valence-corrected chi connectivity index (χ2v) is 6.63. The summed E-state index contributed by atoms with van der Waals surface area (Å²) in [5.74, 6) is 0.491. The molecule has 5 nitrogen and oxygen atoms in total. The third kappa shape index (κ3) is 3.05. The van der Waals surface area contributed by atoms with Crippen molar-refractivity contribution in [3.63, 3.8) is 0 Å². The molecule has 0 aromatic heterocycles. The standard InChI is InChI=1S/C13H24BNO4/c1-12(2)13(3,4)19-14(18-12)9-10-5-7-15(8-6-10)11(16)17/h10H,5-9H2,1-4H3,(H,16,17). The van der Waals surface area contributed by atoms with Crippen molar-refractivity contribution in [3.05, 3.63) is 0 Å². The van der Waals surface area contributed by atoms with Crippen LogP contribution in [0.2, 0.25) is 6.32 Å². The van der Waals surface area contributed by atoms with Gasteiger partial charge in [0, 0.05) is 13.1 Å². The van der Waals surface area contributed by atoms with E-state index in [1.807, 2.05) is 0 Å². The van der Waals surface area contributed by atoms with Crippen LogP contribution in [-0.4, -0.2) is 47.5 Å². The topological polar surface area (TPSA) is 59.0 Å². The monoisotopic (exact) mass is 269 g/mol. The van der Waals surface area contributed by atoms with Gasteiger partial charge in [0.2, 0.25) is 0 Å². The number of likely N-dealkylation sites (tertiary alicyclic amines) is 1. The van der Waals surface area contributed by atoms with Crippen LogP contribution in [0.5, 0.6) is 0 Å². The molecule has 2 aliphatic heterocycles. The Balaban J connectivity index is 1.83. The van der Waals surface area contributed by atoms with Crippen molar-refractivity contribution in [2.24, 2.45) is 5.92 Å². The Bertz CT molecular complexity index is 335. The summed E-state index contributed by atoms with van der Waals surface area (Å²) in [5, 5.41) is 8.92. The summed E-state index contributed by atoms with van der Waals surface area (Å²) in [6.45, 7) is 9.47. The lowest BCUT2D eigenvalue weighted by Crippen LogP contribution is -2.41. The summed E-state index contributed by atoms with van der Waals surface area (Å²) < 4.78 is 12.0. The molecule has 2 rings (SSSR count). The highest BCUT2D eigenvalue weighted by molar-refractivity contribution is 6.45. The van der Waals surface area contributed by atoms with Crippen molar-refractivity contribution in [2.45, 2.75) is 58.1 Å². The summed E-state index contributed by atoms with van der Waals surface area (Å²) >= 11 is 0. The van der Waals surface area contributed by atoms with Crippen molar-refractivity contribution >= 4 is 13.2 Å². The fraction of sp³-hybridized carbons (Fsp3) is 0.923. The zero-order chi connectivity index (χ0) is 14.3. The molecule has 1 amide bonds. The molecule has 2 heterocycles. The zero-order valence-corrected chi connectivity index (χ0v) is 12.3. The second kappa shape index (κ2) is 4.98. The minimum absolute atomic E-state index is 0.161. The number of rotatable bonds is 2. The third-order valence-corrected chi connectivity index (χ3v) is 4.71. The van der Waals surface area contributed by atoms with Crippen LogP contribution < -0.4 is 0 Å². The van der Waals surface area contributed by atoms with Crippen molar-refractivity contribution < 1.29 is 19.2 Å². The van der Waals surface area contributed by atoms with Gasteiger partial charge in [0.05, 0.1) is 11.2 Å². The maximum atomic E-state index is 10.9. The lowest BCUT2D eigenvalue weighted by molar-refractivity contribution is 0.00578. The van der Waals surface area contributed by atoms with Crippen molar-refractivity contribution in [3.8, 4) is 0 Å². The maximum absolute atomic E-state index is 10.9. The smallest absolute Gasteiger partial charge is 0.458 e. The number of amides is 1. The maximum Gasteiger partial charge on any atom is 0.458 e. The summed E-state index contributed by atoms with van der Waals surface area (Å²) in [6, 6.07) is 0. The predicted octanol–water partition coefficient (Wildman–Crippen LogP) is 2.47. The lowest BCUT2D eigenvalue weighted by atomic mass is 9.74. The van der Waals surface area contributed by atoms with E-state index < -0.39 is 6.09 Å². The van der Waals surface area contributed by atoms with Gasteiger partial charge in [-0.25, -0.2) is 4.79 Å². The van der Waals surface area contributed by atoms with E-state index in [-0.39, 0.29) is 18.3 Å². The average molecular weight is 269 g/mol. The molecule has 0 radical (unpaired) electrons. The quantitative estimate of drug-likeness (QED) is 0.782. The minimum atomic E-state index is -0.811. The minimum Gasteiger partial charge on any atom is -0.465 e. The fourth-order valence-electron chi connectivity index (χ4n) is 2.69. The summed E-state index contributed by atoms with van der Waals surface area (Å²) in [6.07, 6.45) is 1.85. The molecule has 2 fully saturated rings. The Kier molecular flexibility index (Phi) is 3.84.